The van der Waals surface area contributed by atoms with E-state index in [0.717, 1.165) is 25.8 Å². The van der Waals surface area contributed by atoms with E-state index < -0.39 is 0 Å². The van der Waals surface area contributed by atoms with Crippen molar-refractivity contribution in [2.45, 2.75) is 25.8 Å². The van der Waals surface area contributed by atoms with E-state index in [4.69, 9.17) is 0 Å². The molecule has 2 aliphatic carbocycles. The number of likely N-dealkylation sites (tertiary alicyclic amines) is 1. The average Bonchev–Trinajstić information content (AvgIpc) is 3.43. The van der Waals surface area contributed by atoms with Gasteiger partial charge in [0.25, 0.3) is 0 Å². The first-order valence-corrected chi connectivity index (χ1v) is 10.7. The Bertz CT molecular complexity index is 898. The first kappa shape index (κ1) is 23.5. The van der Waals surface area contributed by atoms with E-state index in [1.807, 2.05) is 6.07 Å². The molecule has 168 valence electrons. The number of aryl methyl sites for hydroxylation is 1. The third-order valence-corrected chi connectivity index (χ3v) is 6.43. The van der Waals surface area contributed by atoms with Crippen LogP contribution in [0.25, 0.3) is 0 Å². The van der Waals surface area contributed by atoms with Crippen LogP contribution in [0.3, 0.4) is 0 Å². The molecule has 4 rings (SSSR count). The van der Waals surface area contributed by atoms with Crippen molar-refractivity contribution in [1.82, 2.24) is 20.1 Å². The lowest BCUT2D eigenvalue weighted by Gasteiger charge is -2.18. The molecule has 8 nitrogen and oxygen atoms in total. The summed E-state index contributed by atoms with van der Waals surface area (Å²) in [6.07, 6.45) is 8.74. The van der Waals surface area contributed by atoms with Crippen LogP contribution in [0.2, 0.25) is 0 Å². The Morgan fingerprint density at radius 1 is 1.00 bits per heavy atom. The van der Waals surface area contributed by atoms with Gasteiger partial charge in [-0.2, -0.15) is 0 Å². The van der Waals surface area contributed by atoms with E-state index in [2.05, 4.69) is 27.8 Å². The van der Waals surface area contributed by atoms with Gasteiger partial charge in [0, 0.05) is 45.5 Å². The highest BCUT2D eigenvalue weighted by Gasteiger charge is 2.58. The number of aromatic nitrogens is 1. The van der Waals surface area contributed by atoms with Crippen molar-refractivity contribution in [3.05, 3.63) is 46.9 Å². The molecule has 2 N–H and O–H groups in total. The number of carbonyl (C=O) groups is 2. The second kappa shape index (κ2) is 10.4. The van der Waals surface area contributed by atoms with Crippen molar-refractivity contribution >= 4 is 41.8 Å². The van der Waals surface area contributed by atoms with Crippen LogP contribution in [0, 0.1) is 23.7 Å². The summed E-state index contributed by atoms with van der Waals surface area (Å²) in [7, 11) is 1.69. The Balaban J connectivity index is 0.00000272. The Kier molecular flexibility index (Phi) is 7.90. The fourth-order valence-corrected chi connectivity index (χ4v) is 4.95. The quantitative estimate of drug-likeness (QED) is 0.129. The SMILES string of the molecule is CN=C(NCCCCn1ccccc1=O)NCCN1C(=O)C2C3C=CC(C3)C2C1=O.I. The lowest BCUT2D eigenvalue weighted by atomic mass is 9.85. The number of pyridine rings is 1. The Morgan fingerprint density at radius 2 is 1.68 bits per heavy atom. The number of guanidine groups is 1. The van der Waals surface area contributed by atoms with Gasteiger partial charge in [-0.3, -0.25) is 24.3 Å². The zero-order valence-electron chi connectivity index (χ0n) is 17.7. The van der Waals surface area contributed by atoms with Gasteiger partial charge in [-0.1, -0.05) is 18.2 Å². The van der Waals surface area contributed by atoms with Crippen molar-refractivity contribution in [3.8, 4) is 0 Å². The number of hydrogen-bond donors (Lipinski definition) is 2. The number of unbranched alkanes of at least 4 members (excludes halogenated alkanes) is 1. The molecule has 2 heterocycles. The van der Waals surface area contributed by atoms with Crippen molar-refractivity contribution in [3.63, 3.8) is 0 Å². The highest BCUT2D eigenvalue weighted by atomic mass is 127. The summed E-state index contributed by atoms with van der Waals surface area (Å²) in [6, 6.07) is 5.16. The summed E-state index contributed by atoms with van der Waals surface area (Å²) in [6.45, 7) is 2.24. The van der Waals surface area contributed by atoms with Gasteiger partial charge in [0.1, 0.15) is 0 Å². The number of halogens is 1. The summed E-state index contributed by atoms with van der Waals surface area (Å²) in [4.78, 5) is 42.7. The summed E-state index contributed by atoms with van der Waals surface area (Å²) in [5.41, 5.74) is 0.0156. The van der Waals surface area contributed by atoms with Crippen LogP contribution < -0.4 is 16.2 Å². The molecule has 1 aliphatic heterocycles. The summed E-state index contributed by atoms with van der Waals surface area (Å²) in [5, 5.41) is 6.42. The van der Waals surface area contributed by atoms with E-state index in [1.54, 1.807) is 29.9 Å². The standard InChI is InChI=1S/C22H29N5O3.HI/c1-23-22(24-9-3-5-12-26-11-4-2-6-17(26)28)25-10-13-27-20(29)18-15-7-8-16(14-15)19(18)21(27)30;/h2,4,6-8,11,15-16,18-19H,3,5,9-10,12-14H2,1H3,(H2,23,24,25);1H. The smallest absolute Gasteiger partial charge is 0.250 e. The second-order valence-corrected chi connectivity index (χ2v) is 8.19. The van der Waals surface area contributed by atoms with Gasteiger partial charge < -0.3 is 15.2 Å². The topological polar surface area (TPSA) is 95.8 Å². The number of fused-ring (bicyclic) bond motifs is 5. The van der Waals surface area contributed by atoms with E-state index >= 15 is 0 Å². The zero-order chi connectivity index (χ0) is 21.1. The molecule has 3 aliphatic rings. The maximum absolute atomic E-state index is 12.7. The average molecular weight is 539 g/mol. The molecule has 9 heteroatoms. The molecule has 1 aromatic rings. The van der Waals surface area contributed by atoms with Crippen molar-refractivity contribution in [2.75, 3.05) is 26.7 Å². The van der Waals surface area contributed by atoms with E-state index in [1.165, 1.54) is 4.90 Å². The number of nitrogens with one attached hydrogen (secondary N) is 2. The number of amides is 2. The van der Waals surface area contributed by atoms with Crippen molar-refractivity contribution < 1.29 is 9.59 Å². The predicted molar refractivity (Wildman–Crippen MR) is 129 cm³/mol. The first-order valence-electron chi connectivity index (χ1n) is 10.7. The zero-order valence-corrected chi connectivity index (χ0v) is 20.0. The van der Waals surface area contributed by atoms with Crippen LogP contribution in [0.4, 0.5) is 0 Å². The molecule has 2 amide bonds. The fraction of sp³-hybridized carbons (Fsp3) is 0.545. The highest BCUT2D eigenvalue weighted by molar-refractivity contribution is 14.0. The van der Waals surface area contributed by atoms with E-state index in [0.29, 0.717) is 25.6 Å². The number of carbonyl (C=O) groups excluding carboxylic acids is 2. The summed E-state index contributed by atoms with van der Waals surface area (Å²) >= 11 is 0. The van der Waals surface area contributed by atoms with Crippen LogP contribution in [0.15, 0.2) is 46.3 Å². The fourth-order valence-electron chi connectivity index (χ4n) is 4.95. The largest absolute Gasteiger partial charge is 0.356 e. The van der Waals surface area contributed by atoms with Crippen LogP contribution in [-0.4, -0.2) is 53.9 Å². The molecule has 1 aromatic heterocycles. The number of nitrogens with zero attached hydrogens (tertiary/aromatic N) is 3. The number of hydrogen-bond acceptors (Lipinski definition) is 4. The highest BCUT2D eigenvalue weighted by Crippen LogP contribution is 2.52. The van der Waals surface area contributed by atoms with Gasteiger partial charge in [0.15, 0.2) is 5.96 Å². The molecule has 0 radical (unpaired) electrons. The lowest BCUT2D eigenvalue weighted by Crippen LogP contribution is -2.43. The molecule has 31 heavy (non-hydrogen) atoms. The molecular formula is C22H30IN5O3. The number of rotatable bonds is 8. The van der Waals surface area contributed by atoms with Crippen LogP contribution >= 0.6 is 24.0 Å². The molecule has 0 aromatic carbocycles. The molecule has 1 saturated carbocycles. The van der Waals surface area contributed by atoms with Crippen LogP contribution in [0.1, 0.15) is 19.3 Å². The molecule has 0 spiro atoms. The number of aliphatic imine (C=N–C) groups is 1. The first-order chi connectivity index (χ1) is 14.6. The second-order valence-electron chi connectivity index (χ2n) is 8.19. The van der Waals surface area contributed by atoms with Gasteiger partial charge in [0.2, 0.25) is 17.4 Å². The van der Waals surface area contributed by atoms with Crippen LogP contribution in [0.5, 0.6) is 0 Å². The number of allylic oxidation sites excluding steroid dienone is 2. The third-order valence-electron chi connectivity index (χ3n) is 6.43. The summed E-state index contributed by atoms with van der Waals surface area (Å²) in [5.74, 6) is 0.841. The van der Waals surface area contributed by atoms with Gasteiger partial charge in [-0.15, -0.1) is 24.0 Å². The lowest BCUT2D eigenvalue weighted by molar-refractivity contribution is -0.140. The molecule has 1 saturated heterocycles. The predicted octanol–water partition coefficient (Wildman–Crippen LogP) is 1.22. The van der Waals surface area contributed by atoms with Crippen LogP contribution in [-0.2, 0) is 16.1 Å². The normalized spacial score (nSPS) is 26.2. The van der Waals surface area contributed by atoms with E-state index in [9.17, 15) is 14.4 Å². The number of imide groups is 1. The minimum absolute atomic E-state index is 0. The minimum Gasteiger partial charge on any atom is -0.356 e. The molecular weight excluding hydrogens is 509 g/mol. The Morgan fingerprint density at radius 3 is 2.32 bits per heavy atom. The van der Waals surface area contributed by atoms with E-state index in [-0.39, 0.29) is 65.0 Å². The monoisotopic (exact) mass is 539 g/mol. The van der Waals surface area contributed by atoms with Crippen molar-refractivity contribution in [1.29, 1.82) is 0 Å². The Labute approximate surface area is 199 Å². The third kappa shape index (κ3) is 4.86. The minimum atomic E-state index is -0.137. The Hall–Kier alpha value is -2.17. The van der Waals surface area contributed by atoms with Crippen molar-refractivity contribution in [2.24, 2.45) is 28.7 Å². The van der Waals surface area contributed by atoms with Gasteiger partial charge in [-0.25, -0.2) is 0 Å². The maximum Gasteiger partial charge on any atom is 0.250 e. The molecule has 2 fully saturated rings. The maximum atomic E-state index is 12.7. The van der Waals surface area contributed by atoms with Gasteiger partial charge >= 0.3 is 0 Å². The molecule has 4 unspecified atom stereocenters. The summed E-state index contributed by atoms with van der Waals surface area (Å²) < 4.78 is 1.70. The van der Waals surface area contributed by atoms with Gasteiger partial charge in [0.05, 0.1) is 11.8 Å². The molecule has 2 bridgehead atoms. The van der Waals surface area contributed by atoms with Gasteiger partial charge in [-0.05, 0) is 37.2 Å². The molecule has 4 atom stereocenters.